The fourth-order valence-electron chi connectivity index (χ4n) is 1.58. The summed E-state index contributed by atoms with van der Waals surface area (Å²) in [5.41, 5.74) is 0.145. The lowest BCUT2D eigenvalue weighted by Crippen LogP contribution is -2.13. The van der Waals surface area contributed by atoms with Crippen LogP contribution >= 0.6 is 23.2 Å². The molecular weight excluding hydrogens is 277 g/mol. The van der Waals surface area contributed by atoms with Gasteiger partial charge in [-0.05, 0) is 18.2 Å². The van der Waals surface area contributed by atoms with Crippen molar-refractivity contribution in [2.45, 2.75) is 0 Å². The minimum atomic E-state index is -1.23. The van der Waals surface area contributed by atoms with Crippen LogP contribution in [0.2, 0.25) is 10.0 Å². The highest BCUT2D eigenvalue weighted by Gasteiger charge is 2.15. The first-order chi connectivity index (χ1) is 8.49. The zero-order valence-corrected chi connectivity index (χ0v) is 10.4. The van der Waals surface area contributed by atoms with Gasteiger partial charge in [-0.1, -0.05) is 29.3 Å². The highest BCUT2D eigenvalue weighted by atomic mass is 35.5. The largest absolute Gasteiger partial charge is 0.477 e. The number of hydrogen-bond acceptors (Lipinski definition) is 2. The summed E-state index contributed by atoms with van der Waals surface area (Å²) in [6.07, 6.45) is 0. The number of nitrogens with one attached hydrogen (secondary N) is 1. The predicted molar refractivity (Wildman–Crippen MR) is 69.5 cm³/mol. The number of aromatic amines is 1. The minimum absolute atomic E-state index is 0.202. The molecule has 2 aromatic rings. The van der Waals surface area contributed by atoms with Crippen LogP contribution in [0.5, 0.6) is 0 Å². The van der Waals surface area contributed by atoms with Crippen LogP contribution in [0.3, 0.4) is 0 Å². The highest BCUT2D eigenvalue weighted by molar-refractivity contribution is 6.36. The van der Waals surface area contributed by atoms with Gasteiger partial charge in [0.05, 0.1) is 0 Å². The van der Waals surface area contributed by atoms with Crippen molar-refractivity contribution in [1.29, 1.82) is 0 Å². The van der Waals surface area contributed by atoms with E-state index < -0.39 is 11.5 Å². The summed E-state index contributed by atoms with van der Waals surface area (Å²) in [4.78, 5) is 24.5. The maximum atomic E-state index is 11.1. The maximum Gasteiger partial charge on any atom is 0.353 e. The Labute approximate surface area is 112 Å². The molecule has 0 spiro atoms. The zero-order chi connectivity index (χ0) is 13.3. The molecule has 2 N–H and O–H groups in total. The van der Waals surface area contributed by atoms with Gasteiger partial charge in [-0.2, -0.15) is 0 Å². The molecule has 0 saturated carbocycles. The first-order valence-corrected chi connectivity index (χ1v) is 5.66. The molecule has 6 heteroatoms. The van der Waals surface area contributed by atoms with Crippen molar-refractivity contribution < 1.29 is 9.90 Å². The van der Waals surface area contributed by atoms with Crippen molar-refractivity contribution in [3.8, 4) is 11.1 Å². The lowest BCUT2D eigenvalue weighted by Gasteiger charge is -2.07. The van der Waals surface area contributed by atoms with Gasteiger partial charge >= 0.3 is 5.97 Å². The third-order valence-corrected chi connectivity index (χ3v) is 2.90. The monoisotopic (exact) mass is 283 g/mol. The van der Waals surface area contributed by atoms with Gasteiger partial charge in [0.1, 0.15) is 5.69 Å². The van der Waals surface area contributed by atoms with Crippen LogP contribution in [-0.2, 0) is 0 Å². The van der Waals surface area contributed by atoms with Gasteiger partial charge in [-0.3, -0.25) is 4.79 Å². The lowest BCUT2D eigenvalue weighted by atomic mass is 10.0. The number of aromatic carboxylic acids is 1. The Morgan fingerprint density at radius 3 is 2.39 bits per heavy atom. The van der Waals surface area contributed by atoms with Gasteiger partial charge in [-0.15, -0.1) is 0 Å². The van der Waals surface area contributed by atoms with E-state index in [4.69, 9.17) is 28.3 Å². The molecule has 0 saturated heterocycles. The molecule has 1 aromatic heterocycles. The number of pyridine rings is 1. The third kappa shape index (κ3) is 2.39. The minimum Gasteiger partial charge on any atom is -0.477 e. The summed E-state index contributed by atoms with van der Waals surface area (Å²) in [7, 11) is 0. The van der Waals surface area contributed by atoms with E-state index in [1.807, 2.05) is 0 Å². The molecule has 0 amide bonds. The SMILES string of the molecule is O=C(O)c1[nH]c(=O)ccc1-c1ccc(Cl)cc1Cl. The molecule has 0 aliphatic heterocycles. The first kappa shape index (κ1) is 12.7. The van der Waals surface area contributed by atoms with Crippen LogP contribution in [0.1, 0.15) is 10.5 Å². The number of rotatable bonds is 2. The van der Waals surface area contributed by atoms with Crippen molar-refractivity contribution in [2.24, 2.45) is 0 Å². The van der Waals surface area contributed by atoms with Crippen molar-refractivity contribution in [1.82, 2.24) is 4.98 Å². The van der Waals surface area contributed by atoms with E-state index in [2.05, 4.69) is 4.98 Å². The third-order valence-electron chi connectivity index (χ3n) is 2.35. The Kier molecular flexibility index (Phi) is 3.41. The van der Waals surface area contributed by atoms with E-state index in [1.54, 1.807) is 12.1 Å². The average Bonchev–Trinajstić information content (AvgIpc) is 2.29. The lowest BCUT2D eigenvalue weighted by molar-refractivity contribution is 0.0691. The average molecular weight is 284 g/mol. The van der Waals surface area contributed by atoms with E-state index in [0.717, 1.165) is 0 Å². The Balaban J connectivity index is 2.71. The molecule has 1 heterocycles. The summed E-state index contributed by atoms with van der Waals surface area (Å²) in [6.45, 7) is 0. The normalized spacial score (nSPS) is 10.3. The van der Waals surface area contributed by atoms with E-state index in [-0.39, 0.29) is 5.69 Å². The molecule has 0 radical (unpaired) electrons. The van der Waals surface area contributed by atoms with Crippen LogP contribution in [0.25, 0.3) is 11.1 Å². The highest BCUT2D eigenvalue weighted by Crippen LogP contribution is 2.31. The summed E-state index contributed by atoms with van der Waals surface area (Å²) < 4.78 is 0. The summed E-state index contributed by atoms with van der Waals surface area (Å²) in [6, 6.07) is 7.36. The van der Waals surface area contributed by atoms with Gasteiger partial charge in [0.15, 0.2) is 0 Å². The summed E-state index contributed by atoms with van der Waals surface area (Å²) >= 11 is 11.8. The second-order valence-corrected chi connectivity index (χ2v) is 4.38. The number of carboxylic acids is 1. The first-order valence-electron chi connectivity index (χ1n) is 4.91. The second-order valence-electron chi connectivity index (χ2n) is 3.54. The molecule has 0 atom stereocenters. The van der Waals surface area contributed by atoms with Crippen LogP contribution in [-0.4, -0.2) is 16.1 Å². The van der Waals surface area contributed by atoms with Gasteiger partial charge < -0.3 is 10.1 Å². The quantitative estimate of drug-likeness (QED) is 0.890. The Morgan fingerprint density at radius 1 is 1.11 bits per heavy atom. The number of carboxylic acid groups (broad SMARTS) is 1. The number of aromatic nitrogens is 1. The number of H-pyrrole nitrogens is 1. The molecule has 0 fully saturated rings. The number of carbonyl (C=O) groups is 1. The molecule has 2 rings (SSSR count). The fraction of sp³-hybridized carbons (Fsp3) is 0. The van der Waals surface area contributed by atoms with Crippen molar-refractivity contribution >= 4 is 29.2 Å². The van der Waals surface area contributed by atoms with Crippen molar-refractivity contribution in [2.75, 3.05) is 0 Å². The molecule has 0 bridgehead atoms. The Hall–Kier alpha value is -1.78. The fourth-order valence-corrected chi connectivity index (χ4v) is 2.09. The predicted octanol–water partition coefficient (Wildman–Crippen LogP) is 3.05. The topological polar surface area (TPSA) is 70.2 Å². The van der Waals surface area contributed by atoms with Crippen LogP contribution in [0.15, 0.2) is 35.1 Å². The smallest absolute Gasteiger partial charge is 0.353 e. The summed E-state index contributed by atoms with van der Waals surface area (Å²) in [5, 5.41) is 9.82. The molecule has 0 aliphatic rings. The van der Waals surface area contributed by atoms with Crippen molar-refractivity contribution in [3.63, 3.8) is 0 Å². The molecule has 0 unspecified atom stereocenters. The molecule has 4 nitrogen and oxygen atoms in total. The van der Waals surface area contributed by atoms with Gasteiger partial charge in [0.2, 0.25) is 5.56 Å². The van der Waals surface area contributed by atoms with Crippen molar-refractivity contribution in [3.05, 3.63) is 56.4 Å². The van der Waals surface area contributed by atoms with E-state index in [9.17, 15) is 9.59 Å². The van der Waals surface area contributed by atoms with Gasteiger partial charge in [0, 0.05) is 27.2 Å². The molecular formula is C12H7Cl2NO3. The Bertz CT molecular complexity index is 679. The van der Waals surface area contributed by atoms with Gasteiger partial charge in [-0.25, -0.2) is 4.79 Å². The number of halogens is 2. The Morgan fingerprint density at radius 2 is 1.78 bits per heavy atom. The molecule has 18 heavy (non-hydrogen) atoms. The number of hydrogen-bond donors (Lipinski definition) is 2. The molecule has 92 valence electrons. The zero-order valence-electron chi connectivity index (χ0n) is 8.91. The van der Waals surface area contributed by atoms with E-state index >= 15 is 0 Å². The number of benzene rings is 1. The van der Waals surface area contributed by atoms with Gasteiger partial charge in [0.25, 0.3) is 0 Å². The van der Waals surface area contributed by atoms with E-state index in [0.29, 0.717) is 21.2 Å². The standard InChI is InChI=1S/C12H7Cl2NO3/c13-6-1-2-7(9(14)5-6)8-3-4-10(16)15-11(8)12(17)18/h1-5H,(H,15,16)(H,17,18). The van der Waals surface area contributed by atoms with E-state index in [1.165, 1.54) is 18.2 Å². The van der Waals surface area contributed by atoms with Crippen LogP contribution < -0.4 is 5.56 Å². The summed E-state index contributed by atoms with van der Waals surface area (Å²) in [5.74, 6) is -1.23. The van der Waals surface area contributed by atoms with Crippen LogP contribution in [0, 0.1) is 0 Å². The maximum absolute atomic E-state index is 11.1. The molecule has 1 aromatic carbocycles. The second kappa shape index (κ2) is 4.84. The molecule has 0 aliphatic carbocycles. The van der Waals surface area contributed by atoms with Crippen LogP contribution in [0.4, 0.5) is 0 Å².